The Kier molecular flexibility index (Phi) is 8.38. The zero-order valence-electron chi connectivity index (χ0n) is 20.8. The molecule has 0 radical (unpaired) electrons. The van der Waals surface area contributed by atoms with Crippen molar-refractivity contribution in [2.24, 2.45) is 0 Å². The number of rotatable bonds is 10. The summed E-state index contributed by atoms with van der Waals surface area (Å²) in [6.45, 7) is 6.69. The molecule has 0 saturated carbocycles. The zero-order chi connectivity index (χ0) is 26.2. The Labute approximate surface area is 223 Å². The van der Waals surface area contributed by atoms with Crippen LogP contribution in [0.15, 0.2) is 53.4 Å². The molecule has 198 valence electrons. The largest absolute Gasteiger partial charge is 0.476 e. The van der Waals surface area contributed by atoms with E-state index in [1.807, 2.05) is 31.2 Å². The molecule has 0 spiro atoms. The van der Waals surface area contributed by atoms with Gasteiger partial charge in [-0.05, 0) is 17.7 Å². The van der Waals surface area contributed by atoms with Gasteiger partial charge in [0.1, 0.15) is 24.5 Å². The molecular formula is C25H28N8O4S. The van der Waals surface area contributed by atoms with E-state index >= 15 is 0 Å². The lowest BCUT2D eigenvalue weighted by Gasteiger charge is -2.26. The highest BCUT2D eigenvalue weighted by Crippen LogP contribution is 2.31. The molecule has 38 heavy (non-hydrogen) atoms. The van der Waals surface area contributed by atoms with Crippen LogP contribution in [-0.4, -0.2) is 70.5 Å². The van der Waals surface area contributed by atoms with E-state index in [0.717, 1.165) is 43.3 Å². The van der Waals surface area contributed by atoms with E-state index in [1.165, 1.54) is 17.7 Å². The minimum Gasteiger partial charge on any atom is -0.476 e. The molecule has 1 aliphatic rings. The van der Waals surface area contributed by atoms with Crippen molar-refractivity contribution in [1.29, 1.82) is 0 Å². The summed E-state index contributed by atoms with van der Waals surface area (Å²) in [4.78, 5) is 28.4. The van der Waals surface area contributed by atoms with Gasteiger partial charge in [-0.2, -0.15) is 0 Å². The molecule has 3 N–H and O–H groups in total. The van der Waals surface area contributed by atoms with Crippen LogP contribution < -0.4 is 20.7 Å². The Balaban J connectivity index is 1.12. The predicted octanol–water partition coefficient (Wildman–Crippen LogP) is 4.25. The Morgan fingerprint density at radius 3 is 2.71 bits per heavy atom. The highest BCUT2D eigenvalue weighted by Gasteiger charge is 2.12. The molecule has 3 aromatic heterocycles. The fourth-order valence-corrected chi connectivity index (χ4v) is 4.53. The second-order valence-corrected chi connectivity index (χ2v) is 9.42. The summed E-state index contributed by atoms with van der Waals surface area (Å²) in [5.41, 5.74) is 1.62. The van der Waals surface area contributed by atoms with Crippen molar-refractivity contribution in [2.75, 3.05) is 55.4 Å². The molecule has 0 atom stereocenters. The van der Waals surface area contributed by atoms with E-state index in [-0.39, 0.29) is 0 Å². The van der Waals surface area contributed by atoms with E-state index in [4.69, 9.17) is 14.0 Å². The molecule has 4 heterocycles. The Bertz CT molecular complexity index is 1340. The van der Waals surface area contributed by atoms with Crippen molar-refractivity contribution >= 4 is 39.8 Å². The Morgan fingerprint density at radius 2 is 1.92 bits per heavy atom. The van der Waals surface area contributed by atoms with Crippen LogP contribution >= 0.6 is 11.3 Å². The summed E-state index contributed by atoms with van der Waals surface area (Å²) >= 11 is 1.49. The molecule has 4 aromatic rings. The average Bonchev–Trinajstić information content (AvgIpc) is 3.59. The van der Waals surface area contributed by atoms with Gasteiger partial charge in [0.25, 0.3) is 0 Å². The maximum absolute atomic E-state index is 12.2. The van der Waals surface area contributed by atoms with Crippen LogP contribution in [0.4, 0.5) is 27.2 Å². The number of hydrogen-bond donors (Lipinski definition) is 3. The summed E-state index contributed by atoms with van der Waals surface area (Å²) in [5, 5.41) is 13.1. The number of nitrogens with zero attached hydrogens (tertiary/aromatic N) is 5. The zero-order valence-corrected chi connectivity index (χ0v) is 21.7. The van der Waals surface area contributed by atoms with Gasteiger partial charge in [-0.3, -0.25) is 10.2 Å². The van der Waals surface area contributed by atoms with Crippen LogP contribution in [-0.2, 0) is 11.2 Å². The van der Waals surface area contributed by atoms with Gasteiger partial charge >= 0.3 is 6.03 Å². The number of carbonyl (C=O) groups excluding carboxylic acids is 1. The van der Waals surface area contributed by atoms with Crippen molar-refractivity contribution in [3.05, 3.63) is 54.7 Å². The third-order valence-electron chi connectivity index (χ3n) is 5.72. The van der Waals surface area contributed by atoms with Crippen molar-refractivity contribution in [1.82, 2.24) is 25.0 Å². The van der Waals surface area contributed by atoms with Gasteiger partial charge < -0.3 is 24.6 Å². The normalized spacial score (nSPS) is 13.7. The SMILES string of the molecule is CCc1cc(NC(=O)Nc2ccc(-c3cnc(Nc4cc(OCCN5CCOCC5)ncn4)s3)cc2)no1. The minimum atomic E-state index is -0.396. The maximum Gasteiger partial charge on any atom is 0.324 e. The van der Waals surface area contributed by atoms with Gasteiger partial charge in [-0.15, -0.1) is 0 Å². The van der Waals surface area contributed by atoms with E-state index in [9.17, 15) is 4.79 Å². The number of benzene rings is 1. The standard InChI is InChI=1S/C25H28N8O4S/c1-2-19-13-22(32-37-19)30-24(34)29-18-5-3-17(4-6-18)20-15-26-25(38-20)31-21-14-23(28-16-27-21)36-12-9-33-7-10-35-11-8-33/h3-6,13-16H,2,7-12H2,1H3,(H,26,27,28,31)(H2,29,30,32,34). The van der Waals surface area contributed by atoms with Gasteiger partial charge in [0.2, 0.25) is 5.88 Å². The third-order valence-corrected chi connectivity index (χ3v) is 6.68. The van der Waals surface area contributed by atoms with E-state index in [0.29, 0.717) is 47.1 Å². The third kappa shape index (κ3) is 7.03. The summed E-state index contributed by atoms with van der Waals surface area (Å²) in [6.07, 6.45) is 3.96. The lowest BCUT2D eigenvalue weighted by Crippen LogP contribution is -2.38. The average molecular weight is 537 g/mol. The smallest absolute Gasteiger partial charge is 0.324 e. The number of nitrogens with one attached hydrogen (secondary N) is 3. The number of thiazole rings is 1. The van der Waals surface area contributed by atoms with E-state index in [1.54, 1.807) is 18.3 Å². The number of urea groups is 1. The Hall–Kier alpha value is -4.07. The van der Waals surface area contributed by atoms with Crippen molar-refractivity contribution in [2.45, 2.75) is 13.3 Å². The molecule has 1 saturated heterocycles. The first-order valence-electron chi connectivity index (χ1n) is 12.3. The fourth-order valence-electron chi connectivity index (χ4n) is 3.70. The number of carbonyl (C=O) groups is 1. The molecule has 13 heteroatoms. The predicted molar refractivity (Wildman–Crippen MR) is 144 cm³/mol. The van der Waals surface area contributed by atoms with Crippen LogP contribution in [0.1, 0.15) is 12.7 Å². The van der Waals surface area contributed by atoms with Crippen LogP contribution in [0.25, 0.3) is 10.4 Å². The van der Waals surface area contributed by atoms with E-state index in [2.05, 4.69) is 41.0 Å². The number of ether oxygens (including phenoxy) is 2. The first-order valence-corrected chi connectivity index (χ1v) is 13.1. The van der Waals surface area contributed by atoms with Gasteiger partial charge in [-0.1, -0.05) is 35.5 Å². The highest BCUT2D eigenvalue weighted by atomic mass is 32.1. The van der Waals surface area contributed by atoms with Gasteiger partial charge in [-0.25, -0.2) is 19.7 Å². The molecule has 1 aliphatic heterocycles. The summed E-state index contributed by atoms with van der Waals surface area (Å²) < 4.78 is 16.3. The second-order valence-electron chi connectivity index (χ2n) is 8.39. The number of aryl methyl sites for hydroxylation is 1. The fraction of sp³-hybridized carbons (Fsp3) is 0.320. The minimum absolute atomic E-state index is 0.371. The quantitative estimate of drug-likeness (QED) is 0.269. The lowest BCUT2D eigenvalue weighted by molar-refractivity contribution is 0.0320. The monoisotopic (exact) mass is 536 g/mol. The summed E-state index contributed by atoms with van der Waals surface area (Å²) in [7, 11) is 0. The molecule has 0 aliphatic carbocycles. The molecule has 0 bridgehead atoms. The van der Waals surface area contributed by atoms with E-state index < -0.39 is 6.03 Å². The first-order chi connectivity index (χ1) is 18.6. The second kappa shape index (κ2) is 12.4. The summed E-state index contributed by atoms with van der Waals surface area (Å²) in [6, 6.07) is 10.5. The van der Waals surface area contributed by atoms with Crippen molar-refractivity contribution in [3.8, 4) is 16.3 Å². The lowest BCUT2D eigenvalue weighted by atomic mass is 10.2. The van der Waals surface area contributed by atoms with Crippen LogP contribution in [0.3, 0.4) is 0 Å². The highest BCUT2D eigenvalue weighted by molar-refractivity contribution is 7.18. The molecule has 1 aromatic carbocycles. The molecule has 2 amide bonds. The Morgan fingerprint density at radius 1 is 1.08 bits per heavy atom. The van der Waals surface area contributed by atoms with Crippen molar-refractivity contribution < 1.29 is 18.8 Å². The van der Waals surface area contributed by atoms with Gasteiger partial charge in [0.05, 0.1) is 18.1 Å². The molecule has 12 nitrogen and oxygen atoms in total. The topological polar surface area (TPSA) is 140 Å². The van der Waals surface area contributed by atoms with Crippen LogP contribution in [0.2, 0.25) is 0 Å². The number of morpholine rings is 1. The van der Waals surface area contributed by atoms with Crippen molar-refractivity contribution in [3.63, 3.8) is 0 Å². The number of hydrogen-bond acceptors (Lipinski definition) is 11. The summed E-state index contributed by atoms with van der Waals surface area (Å²) in [5.74, 6) is 2.19. The maximum atomic E-state index is 12.2. The van der Waals surface area contributed by atoms with Crippen LogP contribution in [0.5, 0.6) is 5.88 Å². The van der Waals surface area contributed by atoms with Gasteiger partial charge in [0, 0.05) is 50.1 Å². The molecule has 1 fully saturated rings. The number of aromatic nitrogens is 4. The first kappa shape index (κ1) is 25.6. The van der Waals surface area contributed by atoms with Gasteiger partial charge in [0.15, 0.2) is 10.9 Å². The molecular weight excluding hydrogens is 508 g/mol. The van der Waals surface area contributed by atoms with Crippen LogP contribution in [0, 0.1) is 0 Å². The number of amides is 2. The molecule has 0 unspecified atom stereocenters. The number of anilines is 4. The molecule has 5 rings (SSSR count).